The summed E-state index contributed by atoms with van der Waals surface area (Å²) < 4.78 is 77.1. The van der Waals surface area contributed by atoms with Crippen LogP contribution in [0.2, 0.25) is 0 Å². The third-order valence-corrected chi connectivity index (χ3v) is 2.98. The molecule has 1 unspecified atom stereocenters. The molecule has 1 N–H and O–H groups in total. The molecule has 1 aromatic rings. The zero-order valence-electron chi connectivity index (χ0n) is 10.9. The van der Waals surface area contributed by atoms with Gasteiger partial charge in [-0.3, -0.25) is 4.68 Å². The number of halogens is 6. The van der Waals surface area contributed by atoms with Crippen LogP contribution >= 0.6 is 0 Å². The molecule has 0 aliphatic heterocycles. The molecule has 20 heavy (non-hydrogen) atoms. The molecule has 3 nitrogen and oxygen atoms in total. The molecule has 0 spiro atoms. The van der Waals surface area contributed by atoms with Crippen molar-refractivity contribution in [1.82, 2.24) is 15.1 Å². The van der Waals surface area contributed by atoms with Gasteiger partial charge in [0.2, 0.25) is 0 Å². The Morgan fingerprint density at radius 2 is 1.75 bits per heavy atom. The lowest BCUT2D eigenvalue weighted by molar-refractivity contribution is -0.291. The van der Waals surface area contributed by atoms with Gasteiger partial charge in [0.25, 0.3) is 0 Å². The highest BCUT2D eigenvalue weighted by molar-refractivity contribution is 5.04. The summed E-state index contributed by atoms with van der Waals surface area (Å²) in [5.41, 5.74) is 0.593. The summed E-state index contributed by atoms with van der Waals surface area (Å²) in [6, 6.07) is -1.73. The first-order valence-electron chi connectivity index (χ1n) is 5.84. The molecule has 0 saturated heterocycles. The SMILES string of the molecule is CNC(CCc1cnn(C)c1)C(C(F)(F)F)C(F)(F)F. The second kappa shape index (κ2) is 6.02. The molecule has 0 saturated carbocycles. The second-order valence-electron chi connectivity index (χ2n) is 4.52. The Hall–Kier alpha value is -1.25. The standard InChI is InChI=1S/C11H15F6N3/c1-18-8(4-3-7-5-19-20(2)6-7)9(10(12,13)14)11(15,16)17/h5-6,8-9,18H,3-4H2,1-2H3. The van der Waals surface area contributed by atoms with Gasteiger partial charge < -0.3 is 5.32 Å². The maximum atomic E-state index is 12.6. The summed E-state index contributed by atoms with van der Waals surface area (Å²) >= 11 is 0. The average molecular weight is 303 g/mol. The predicted octanol–water partition coefficient (Wildman–Crippen LogP) is 2.68. The summed E-state index contributed by atoms with van der Waals surface area (Å²) in [6.07, 6.45) is -7.89. The Kier molecular flexibility index (Phi) is 5.06. The second-order valence-corrected chi connectivity index (χ2v) is 4.52. The van der Waals surface area contributed by atoms with Gasteiger partial charge in [-0.1, -0.05) is 0 Å². The lowest BCUT2D eigenvalue weighted by Gasteiger charge is -2.30. The van der Waals surface area contributed by atoms with Crippen molar-refractivity contribution in [1.29, 1.82) is 0 Å². The highest BCUT2D eigenvalue weighted by Gasteiger charge is 2.59. The predicted molar refractivity (Wildman–Crippen MR) is 60.0 cm³/mol. The van der Waals surface area contributed by atoms with Crippen LogP contribution in [0.25, 0.3) is 0 Å². The molecule has 1 aromatic heterocycles. The van der Waals surface area contributed by atoms with Crippen molar-refractivity contribution in [3.8, 4) is 0 Å². The maximum Gasteiger partial charge on any atom is 0.401 e. The molecular weight excluding hydrogens is 288 g/mol. The fourth-order valence-electron chi connectivity index (χ4n) is 2.04. The van der Waals surface area contributed by atoms with Gasteiger partial charge in [0.15, 0.2) is 5.92 Å². The first-order valence-corrected chi connectivity index (χ1v) is 5.84. The van der Waals surface area contributed by atoms with Gasteiger partial charge in [-0.15, -0.1) is 0 Å². The molecule has 1 rings (SSSR count). The Bertz CT molecular complexity index is 409. The van der Waals surface area contributed by atoms with Gasteiger partial charge in [0, 0.05) is 19.3 Å². The zero-order valence-corrected chi connectivity index (χ0v) is 10.9. The minimum absolute atomic E-state index is 0.0853. The number of hydrogen-bond donors (Lipinski definition) is 1. The smallest absolute Gasteiger partial charge is 0.316 e. The van der Waals surface area contributed by atoms with Crippen LogP contribution in [0.1, 0.15) is 12.0 Å². The van der Waals surface area contributed by atoms with Crippen molar-refractivity contribution in [2.24, 2.45) is 13.0 Å². The Balaban J connectivity index is 2.81. The quantitative estimate of drug-likeness (QED) is 0.848. The monoisotopic (exact) mass is 303 g/mol. The lowest BCUT2D eigenvalue weighted by atomic mass is 9.93. The van der Waals surface area contributed by atoms with Crippen LogP contribution in [0.5, 0.6) is 0 Å². The first-order chi connectivity index (χ1) is 9.05. The summed E-state index contributed by atoms with van der Waals surface area (Å²) in [4.78, 5) is 0. The summed E-state index contributed by atoms with van der Waals surface area (Å²) in [5.74, 6) is -3.38. The van der Waals surface area contributed by atoms with E-state index >= 15 is 0 Å². The molecule has 0 aliphatic rings. The van der Waals surface area contributed by atoms with Crippen LogP contribution in [0.15, 0.2) is 12.4 Å². The van der Waals surface area contributed by atoms with Gasteiger partial charge in [0.1, 0.15) is 0 Å². The summed E-state index contributed by atoms with van der Waals surface area (Å²) in [7, 11) is 2.71. The molecule has 9 heteroatoms. The van der Waals surface area contributed by atoms with E-state index in [2.05, 4.69) is 10.4 Å². The molecule has 0 fully saturated rings. The first kappa shape index (κ1) is 16.8. The van der Waals surface area contributed by atoms with Crippen LogP contribution in [-0.4, -0.2) is 35.2 Å². The van der Waals surface area contributed by atoms with Gasteiger partial charge in [-0.2, -0.15) is 31.4 Å². The van der Waals surface area contributed by atoms with Crippen molar-refractivity contribution in [3.63, 3.8) is 0 Å². The van der Waals surface area contributed by atoms with Crippen molar-refractivity contribution in [2.45, 2.75) is 31.2 Å². The van der Waals surface area contributed by atoms with E-state index in [1.54, 1.807) is 13.2 Å². The maximum absolute atomic E-state index is 12.6. The highest BCUT2D eigenvalue weighted by atomic mass is 19.4. The minimum atomic E-state index is -5.33. The molecule has 1 atom stereocenters. The van der Waals surface area contributed by atoms with E-state index in [0.717, 1.165) is 7.05 Å². The average Bonchev–Trinajstić information content (AvgIpc) is 2.66. The molecule has 1 heterocycles. The van der Waals surface area contributed by atoms with Gasteiger partial charge >= 0.3 is 12.4 Å². The number of nitrogens with one attached hydrogen (secondary N) is 1. The van der Waals surface area contributed by atoms with Crippen molar-refractivity contribution >= 4 is 0 Å². The molecule has 0 amide bonds. The van der Waals surface area contributed by atoms with E-state index < -0.39 is 24.3 Å². The number of nitrogens with zero attached hydrogens (tertiary/aromatic N) is 2. The van der Waals surface area contributed by atoms with E-state index in [-0.39, 0.29) is 12.8 Å². The number of hydrogen-bond acceptors (Lipinski definition) is 2. The molecule has 116 valence electrons. The molecule has 0 radical (unpaired) electrons. The van der Waals surface area contributed by atoms with Crippen LogP contribution in [-0.2, 0) is 13.5 Å². The Morgan fingerprint density at radius 3 is 2.10 bits per heavy atom. The van der Waals surface area contributed by atoms with E-state index in [0.29, 0.717) is 5.56 Å². The van der Waals surface area contributed by atoms with E-state index in [1.165, 1.54) is 10.9 Å². The summed E-state index contributed by atoms with van der Waals surface area (Å²) in [6.45, 7) is 0. The minimum Gasteiger partial charge on any atom is -0.316 e. The van der Waals surface area contributed by atoms with Crippen LogP contribution in [0.3, 0.4) is 0 Å². The number of alkyl halides is 6. The number of rotatable bonds is 5. The fraction of sp³-hybridized carbons (Fsp3) is 0.727. The normalized spacial score (nSPS) is 14.8. The van der Waals surface area contributed by atoms with E-state index in [1.807, 2.05) is 0 Å². The van der Waals surface area contributed by atoms with Crippen LogP contribution < -0.4 is 5.32 Å². The fourth-order valence-corrected chi connectivity index (χ4v) is 2.04. The van der Waals surface area contributed by atoms with E-state index in [4.69, 9.17) is 0 Å². The van der Waals surface area contributed by atoms with Gasteiger partial charge in [-0.25, -0.2) is 0 Å². The Morgan fingerprint density at radius 1 is 1.20 bits per heavy atom. The number of aromatic nitrogens is 2. The molecular formula is C11H15F6N3. The topological polar surface area (TPSA) is 29.9 Å². The van der Waals surface area contributed by atoms with Crippen LogP contribution in [0.4, 0.5) is 26.3 Å². The molecule has 0 bridgehead atoms. The molecule has 0 aliphatic carbocycles. The van der Waals surface area contributed by atoms with Gasteiger partial charge in [0.05, 0.1) is 6.20 Å². The van der Waals surface area contributed by atoms with Gasteiger partial charge in [-0.05, 0) is 25.5 Å². The summed E-state index contributed by atoms with van der Waals surface area (Å²) in [5, 5.41) is 5.94. The highest BCUT2D eigenvalue weighted by Crippen LogP contribution is 2.42. The Labute approximate surface area is 112 Å². The zero-order chi connectivity index (χ0) is 15.6. The lowest BCUT2D eigenvalue weighted by Crippen LogP contribution is -2.50. The third kappa shape index (κ3) is 4.39. The van der Waals surface area contributed by atoms with Crippen LogP contribution in [0, 0.1) is 5.92 Å². The van der Waals surface area contributed by atoms with Crippen molar-refractivity contribution < 1.29 is 26.3 Å². The van der Waals surface area contributed by atoms with Crippen molar-refractivity contribution in [3.05, 3.63) is 18.0 Å². The molecule has 0 aromatic carbocycles. The number of aryl methyl sites for hydroxylation is 2. The third-order valence-electron chi connectivity index (χ3n) is 2.98. The van der Waals surface area contributed by atoms with Crippen molar-refractivity contribution in [2.75, 3.05) is 7.05 Å². The van der Waals surface area contributed by atoms with E-state index in [9.17, 15) is 26.3 Å². The largest absolute Gasteiger partial charge is 0.401 e.